The Kier molecular flexibility index (Phi) is 5.32. The third kappa shape index (κ3) is 4.27. The Morgan fingerprint density at radius 3 is 2.53 bits per heavy atom. The first-order chi connectivity index (χ1) is 9.19. The molecule has 0 saturated carbocycles. The molecule has 2 aromatic rings. The van der Waals surface area contributed by atoms with Crippen LogP contribution in [0.4, 0.5) is 0 Å². The van der Waals surface area contributed by atoms with Crippen molar-refractivity contribution in [1.29, 1.82) is 0 Å². The molecule has 2 N–H and O–H groups in total. The number of halogens is 1. The van der Waals surface area contributed by atoms with E-state index < -0.39 is 0 Å². The SMILES string of the molecule is CCC(N)Cc1ccc(Sc2ccccc2)c(Cl)c1. The van der Waals surface area contributed by atoms with Gasteiger partial charge in [0.1, 0.15) is 0 Å². The van der Waals surface area contributed by atoms with E-state index in [4.69, 9.17) is 17.3 Å². The first-order valence-electron chi connectivity index (χ1n) is 6.46. The normalized spacial score (nSPS) is 12.4. The smallest absolute Gasteiger partial charge is 0.0548 e. The summed E-state index contributed by atoms with van der Waals surface area (Å²) in [6, 6.07) is 16.7. The fourth-order valence-corrected chi connectivity index (χ4v) is 2.98. The Morgan fingerprint density at radius 1 is 1.16 bits per heavy atom. The minimum atomic E-state index is 0.212. The van der Waals surface area contributed by atoms with Crippen molar-refractivity contribution in [2.75, 3.05) is 0 Å². The summed E-state index contributed by atoms with van der Waals surface area (Å²) in [6.07, 6.45) is 1.87. The molecule has 1 nitrogen and oxygen atoms in total. The molecular formula is C16H18ClNS. The molecule has 3 heteroatoms. The van der Waals surface area contributed by atoms with E-state index in [1.165, 1.54) is 10.5 Å². The summed E-state index contributed by atoms with van der Waals surface area (Å²) >= 11 is 8.03. The lowest BCUT2D eigenvalue weighted by atomic mass is 10.1. The van der Waals surface area contributed by atoms with Crippen molar-refractivity contribution in [3.8, 4) is 0 Å². The lowest BCUT2D eigenvalue weighted by Crippen LogP contribution is -2.21. The maximum Gasteiger partial charge on any atom is 0.0548 e. The Hall–Kier alpha value is -0.960. The van der Waals surface area contributed by atoms with Crippen molar-refractivity contribution in [2.24, 2.45) is 5.73 Å². The van der Waals surface area contributed by atoms with Gasteiger partial charge in [0.05, 0.1) is 5.02 Å². The Morgan fingerprint density at radius 2 is 1.89 bits per heavy atom. The van der Waals surface area contributed by atoms with E-state index in [9.17, 15) is 0 Å². The number of rotatable bonds is 5. The van der Waals surface area contributed by atoms with Crippen LogP contribution in [-0.4, -0.2) is 6.04 Å². The van der Waals surface area contributed by atoms with Gasteiger partial charge in [-0.05, 0) is 42.7 Å². The van der Waals surface area contributed by atoms with Crippen LogP contribution in [0.15, 0.2) is 58.3 Å². The number of hydrogen-bond acceptors (Lipinski definition) is 2. The van der Waals surface area contributed by atoms with Gasteiger partial charge < -0.3 is 5.73 Å². The molecule has 2 rings (SSSR count). The molecule has 0 saturated heterocycles. The third-order valence-electron chi connectivity index (χ3n) is 2.99. The molecule has 0 aromatic heterocycles. The Bertz CT molecular complexity index is 528. The number of nitrogens with two attached hydrogens (primary N) is 1. The van der Waals surface area contributed by atoms with E-state index in [-0.39, 0.29) is 6.04 Å². The van der Waals surface area contributed by atoms with Gasteiger partial charge in [-0.1, -0.05) is 54.6 Å². The van der Waals surface area contributed by atoms with Crippen LogP contribution in [0.25, 0.3) is 0 Å². The number of benzene rings is 2. The average Bonchev–Trinajstić information content (AvgIpc) is 2.43. The minimum Gasteiger partial charge on any atom is -0.327 e. The van der Waals surface area contributed by atoms with E-state index in [1.54, 1.807) is 11.8 Å². The zero-order valence-electron chi connectivity index (χ0n) is 11.0. The van der Waals surface area contributed by atoms with Crippen LogP contribution >= 0.6 is 23.4 Å². The quantitative estimate of drug-likeness (QED) is 0.858. The van der Waals surface area contributed by atoms with E-state index >= 15 is 0 Å². The molecule has 0 aliphatic rings. The van der Waals surface area contributed by atoms with Crippen LogP contribution in [0, 0.1) is 0 Å². The molecule has 2 aromatic carbocycles. The zero-order valence-corrected chi connectivity index (χ0v) is 12.5. The predicted molar refractivity (Wildman–Crippen MR) is 84.0 cm³/mol. The van der Waals surface area contributed by atoms with E-state index in [1.807, 2.05) is 24.3 Å². The van der Waals surface area contributed by atoms with Gasteiger partial charge in [-0.15, -0.1) is 0 Å². The van der Waals surface area contributed by atoms with Crippen LogP contribution in [0.2, 0.25) is 5.02 Å². The van der Waals surface area contributed by atoms with Gasteiger partial charge in [0, 0.05) is 15.8 Å². The maximum absolute atomic E-state index is 6.34. The lowest BCUT2D eigenvalue weighted by molar-refractivity contribution is 0.646. The summed E-state index contributed by atoms with van der Waals surface area (Å²) in [4.78, 5) is 2.28. The van der Waals surface area contributed by atoms with Gasteiger partial charge >= 0.3 is 0 Å². The molecule has 0 heterocycles. The third-order valence-corrected chi connectivity index (χ3v) is 4.50. The highest BCUT2D eigenvalue weighted by Gasteiger charge is 2.06. The second kappa shape index (κ2) is 6.99. The van der Waals surface area contributed by atoms with E-state index in [0.29, 0.717) is 0 Å². The minimum absolute atomic E-state index is 0.212. The van der Waals surface area contributed by atoms with E-state index in [0.717, 1.165) is 22.8 Å². The highest BCUT2D eigenvalue weighted by molar-refractivity contribution is 7.99. The van der Waals surface area contributed by atoms with Gasteiger partial charge in [-0.25, -0.2) is 0 Å². The molecule has 0 aliphatic heterocycles. The molecule has 100 valence electrons. The fraction of sp³-hybridized carbons (Fsp3) is 0.250. The summed E-state index contributed by atoms with van der Waals surface area (Å²) in [7, 11) is 0. The van der Waals surface area contributed by atoms with Crippen molar-refractivity contribution in [1.82, 2.24) is 0 Å². The highest BCUT2D eigenvalue weighted by Crippen LogP contribution is 2.33. The van der Waals surface area contributed by atoms with Crippen LogP contribution in [-0.2, 0) is 6.42 Å². The largest absolute Gasteiger partial charge is 0.327 e. The second-order valence-corrected chi connectivity index (χ2v) is 6.07. The topological polar surface area (TPSA) is 26.0 Å². The fourth-order valence-electron chi connectivity index (χ4n) is 1.82. The van der Waals surface area contributed by atoms with Crippen molar-refractivity contribution in [3.05, 3.63) is 59.1 Å². The van der Waals surface area contributed by atoms with E-state index in [2.05, 4.69) is 31.2 Å². The Balaban J connectivity index is 2.11. The van der Waals surface area contributed by atoms with Crippen molar-refractivity contribution in [2.45, 2.75) is 35.6 Å². The molecule has 1 unspecified atom stereocenters. The van der Waals surface area contributed by atoms with Crippen LogP contribution in [0.1, 0.15) is 18.9 Å². The lowest BCUT2D eigenvalue weighted by Gasteiger charge is -2.10. The van der Waals surface area contributed by atoms with Crippen molar-refractivity contribution in [3.63, 3.8) is 0 Å². The molecule has 0 aliphatic carbocycles. The van der Waals surface area contributed by atoms with Gasteiger partial charge in [0.15, 0.2) is 0 Å². The summed E-state index contributed by atoms with van der Waals surface area (Å²) in [5, 5.41) is 0.801. The molecule has 0 radical (unpaired) electrons. The molecule has 1 atom stereocenters. The maximum atomic E-state index is 6.34. The first-order valence-corrected chi connectivity index (χ1v) is 7.65. The van der Waals surface area contributed by atoms with Crippen LogP contribution in [0.3, 0.4) is 0 Å². The second-order valence-electron chi connectivity index (χ2n) is 4.55. The number of hydrogen-bond donors (Lipinski definition) is 1. The van der Waals surface area contributed by atoms with Gasteiger partial charge in [0.2, 0.25) is 0 Å². The molecule has 0 spiro atoms. The summed E-state index contributed by atoms with van der Waals surface area (Å²) in [6.45, 7) is 2.10. The average molecular weight is 292 g/mol. The molecule has 19 heavy (non-hydrogen) atoms. The summed E-state index contributed by atoms with van der Waals surface area (Å²) < 4.78 is 0. The molecule has 0 bridgehead atoms. The van der Waals surface area contributed by atoms with Gasteiger partial charge in [-0.2, -0.15) is 0 Å². The monoisotopic (exact) mass is 291 g/mol. The standard InChI is InChI=1S/C16H18ClNS/c1-2-13(18)10-12-8-9-16(15(17)11-12)19-14-6-4-3-5-7-14/h3-9,11,13H,2,10,18H2,1H3. The Labute approximate surface area is 124 Å². The van der Waals surface area contributed by atoms with Crippen LogP contribution in [0.5, 0.6) is 0 Å². The predicted octanol–water partition coefficient (Wildman–Crippen LogP) is 4.77. The zero-order chi connectivity index (χ0) is 13.7. The highest BCUT2D eigenvalue weighted by atomic mass is 35.5. The van der Waals surface area contributed by atoms with Crippen molar-refractivity contribution < 1.29 is 0 Å². The van der Waals surface area contributed by atoms with Crippen LogP contribution < -0.4 is 5.73 Å². The van der Waals surface area contributed by atoms with Gasteiger partial charge in [0.25, 0.3) is 0 Å². The van der Waals surface area contributed by atoms with Gasteiger partial charge in [-0.3, -0.25) is 0 Å². The molecule has 0 fully saturated rings. The molecule has 0 amide bonds. The molecular weight excluding hydrogens is 274 g/mol. The first kappa shape index (κ1) is 14.4. The van der Waals surface area contributed by atoms with Crippen molar-refractivity contribution >= 4 is 23.4 Å². The summed E-state index contributed by atoms with van der Waals surface area (Å²) in [5.74, 6) is 0. The summed E-state index contributed by atoms with van der Waals surface area (Å²) in [5.41, 5.74) is 7.17.